The Bertz CT molecular complexity index is 553. The van der Waals surface area contributed by atoms with Gasteiger partial charge in [-0.3, -0.25) is 4.98 Å². The molecular weight excluding hydrogens is 230 g/mol. The molecule has 1 aliphatic carbocycles. The molecule has 3 rings (SSSR count). The van der Waals surface area contributed by atoms with Crippen molar-refractivity contribution >= 4 is 0 Å². The van der Waals surface area contributed by atoms with Crippen LogP contribution in [0.25, 0.3) is 11.5 Å². The van der Waals surface area contributed by atoms with Gasteiger partial charge in [-0.1, -0.05) is 5.16 Å². The van der Waals surface area contributed by atoms with E-state index in [9.17, 15) is 5.11 Å². The minimum absolute atomic E-state index is 0.0175. The summed E-state index contributed by atoms with van der Waals surface area (Å²) in [6, 6.07) is 3.84. The third kappa shape index (κ3) is 2.01. The first kappa shape index (κ1) is 11.3. The van der Waals surface area contributed by atoms with Crippen molar-refractivity contribution in [2.75, 3.05) is 0 Å². The van der Waals surface area contributed by atoms with Gasteiger partial charge in [0, 0.05) is 6.20 Å². The zero-order valence-corrected chi connectivity index (χ0v) is 10.2. The van der Waals surface area contributed by atoms with Crippen molar-refractivity contribution in [2.45, 2.75) is 38.2 Å². The second-order valence-electron chi connectivity index (χ2n) is 4.78. The van der Waals surface area contributed by atoms with Crippen LogP contribution in [0.3, 0.4) is 0 Å². The number of aliphatic hydroxyl groups is 1. The van der Waals surface area contributed by atoms with Crippen LogP contribution in [-0.4, -0.2) is 26.3 Å². The summed E-state index contributed by atoms with van der Waals surface area (Å²) in [7, 11) is 0. The summed E-state index contributed by atoms with van der Waals surface area (Å²) in [5.74, 6) is 1.00. The van der Waals surface area contributed by atoms with Crippen molar-refractivity contribution in [3.63, 3.8) is 0 Å². The Morgan fingerprint density at radius 1 is 1.39 bits per heavy atom. The highest BCUT2D eigenvalue weighted by atomic mass is 16.5. The molecule has 5 nitrogen and oxygen atoms in total. The molecule has 0 aliphatic heterocycles. The molecule has 2 aromatic rings. The fourth-order valence-corrected chi connectivity index (χ4v) is 2.38. The van der Waals surface area contributed by atoms with Gasteiger partial charge in [-0.05, 0) is 43.9 Å². The maximum Gasteiger partial charge on any atom is 0.232 e. The normalized spacial score (nSPS) is 23.4. The molecule has 5 heteroatoms. The predicted octanol–water partition coefficient (Wildman–Crippen LogP) is 2.07. The zero-order chi connectivity index (χ0) is 12.5. The first-order chi connectivity index (χ1) is 8.74. The fraction of sp³-hybridized carbons (Fsp3) is 0.462. The summed E-state index contributed by atoms with van der Waals surface area (Å²) in [6.07, 6.45) is 4.09. The van der Waals surface area contributed by atoms with E-state index in [0.717, 1.165) is 24.8 Å². The maximum atomic E-state index is 9.82. The van der Waals surface area contributed by atoms with Crippen LogP contribution in [0, 0.1) is 6.92 Å². The van der Waals surface area contributed by atoms with Gasteiger partial charge in [0.2, 0.25) is 11.7 Å². The van der Waals surface area contributed by atoms with Crippen LogP contribution in [0.4, 0.5) is 0 Å². The van der Waals surface area contributed by atoms with Gasteiger partial charge in [-0.25, -0.2) is 0 Å². The van der Waals surface area contributed by atoms with Crippen molar-refractivity contribution < 1.29 is 9.63 Å². The van der Waals surface area contributed by atoms with Crippen molar-refractivity contribution in [3.05, 3.63) is 29.8 Å². The van der Waals surface area contributed by atoms with Crippen molar-refractivity contribution in [2.24, 2.45) is 0 Å². The molecule has 1 N–H and O–H groups in total. The van der Waals surface area contributed by atoms with Gasteiger partial charge in [-0.15, -0.1) is 0 Å². The van der Waals surface area contributed by atoms with Crippen LogP contribution in [0.15, 0.2) is 22.9 Å². The van der Waals surface area contributed by atoms with E-state index in [4.69, 9.17) is 4.52 Å². The molecule has 0 bridgehead atoms. The molecule has 1 saturated carbocycles. The standard InChI is InChI=1S/C13H15N3O2/c1-8-5-6-14-10(7-8)12-15-13(18-16-12)9-3-2-4-11(9)17/h5-7,9,11,17H,2-4H2,1H3. The first-order valence-electron chi connectivity index (χ1n) is 6.19. The predicted molar refractivity (Wildman–Crippen MR) is 64.9 cm³/mol. The quantitative estimate of drug-likeness (QED) is 0.876. The Kier molecular flexibility index (Phi) is 2.83. The third-order valence-corrected chi connectivity index (χ3v) is 3.38. The van der Waals surface area contributed by atoms with Gasteiger partial charge in [0.25, 0.3) is 0 Å². The second kappa shape index (κ2) is 4.49. The van der Waals surface area contributed by atoms with E-state index in [1.807, 2.05) is 19.1 Å². The summed E-state index contributed by atoms with van der Waals surface area (Å²) in [4.78, 5) is 8.58. The zero-order valence-electron chi connectivity index (χ0n) is 10.2. The lowest BCUT2D eigenvalue weighted by atomic mass is 10.1. The van der Waals surface area contributed by atoms with Crippen LogP contribution in [0.2, 0.25) is 0 Å². The van der Waals surface area contributed by atoms with Crippen molar-refractivity contribution in [1.29, 1.82) is 0 Å². The van der Waals surface area contributed by atoms with E-state index in [1.54, 1.807) is 6.20 Å². The van der Waals surface area contributed by atoms with Gasteiger partial charge >= 0.3 is 0 Å². The summed E-state index contributed by atoms with van der Waals surface area (Å²) in [5.41, 5.74) is 1.81. The van der Waals surface area contributed by atoms with E-state index in [1.165, 1.54) is 0 Å². The molecule has 0 saturated heterocycles. The summed E-state index contributed by atoms with van der Waals surface area (Å²) < 4.78 is 5.25. The van der Waals surface area contributed by atoms with Crippen LogP contribution in [0.5, 0.6) is 0 Å². The number of hydrogen-bond donors (Lipinski definition) is 1. The smallest absolute Gasteiger partial charge is 0.232 e. The summed E-state index contributed by atoms with van der Waals surface area (Å²) in [6.45, 7) is 1.99. The van der Waals surface area contributed by atoms with E-state index < -0.39 is 0 Å². The molecule has 0 amide bonds. The molecular formula is C13H15N3O2. The van der Waals surface area contributed by atoms with Gasteiger partial charge < -0.3 is 9.63 Å². The average Bonchev–Trinajstić information content (AvgIpc) is 2.97. The fourth-order valence-electron chi connectivity index (χ4n) is 2.38. The lowest BCUT2D eigenvalue weighted by Crippen LogP contribution is -2.11. The largest absolute Gasteiger partial charge is 0.392 e. The average molecular weight is 245 g/mol. The number of aliphatic hydroxyl groups excluding tert-OH is 1. The highest BCUT2D eigenvalue weighted by Gasteiger charge is 2.31. The highest BCUT2D eigenvalue weighted by Crippen LogP contribution is 2.34. The molecule has 2 aromatic heterocycles. The van der Waals surface area contributed by atoms with Crippen molar-refractivity contribution in [3.8, 4) is 11.5 Å². The van der Waals surface area contributed by atoms with Crippen LogP contribution >= 0.6 is 0 Å². The van der Waals surface area contributed by atoms with Crippen LogP contribution in [0.1, 0.15) is 36.6 Å². The molecule has 1 aliphatic rings. The van der Waals surface area contributed by atoms with E-state index in [2.05, 4.69) is 15.1 Å². The maximum absolute atomic E-state index is 9.82. The summed E-state index contributed by atoms with van der Waals surface area (Å²) >= 11 is 0. The van der Waals surface area contributed by atoms with Gasteiger partial charge in [0.1, 0.15) is 5.69 Å². The summed E-state index contributed by atoms with van der Waals surface area (Å²) in [5, 5.41) is 13.8. The number of pyridine rings is 1. The Balaban J connectivity index is 1.89. The monoisotopic (exact) mass is 245 g/mol. The molecule has 1 fully saturated rings. The number of aromatic nitrogens is 3. The van der Waals surface area contributed by atoms with Gasteiger partial charge in [-0.2, -0.15) is 4.98 Å². The second-order valence-corrected chi connectivity index (χ2v) is 4.78. The first-order valence-corrected chi connectivity index (χ1v) is 6.19. The highest BCUT2D eigenvalue weighted by molar-refractivity contribution is 5.49. The molecule has 0 aromatic carbocycles. The Hall–Kier alpha value is -1.75. The number of nitrogens with zero attached hydrogens (tertiary/aromatic N) is 3. The minimum Gasteiger partial charge on any atom is -0.392 e. The van der Waals surface area contributed by atoms with E-state index in [0.29, 0.717) is 17.4 Å². The molecule has 2 unspecified atom stereocenters. The van der Waals surface area contributed by atoms with E-state index >= 15 is 0 Å². The SMILES string of the molecule is Cc1ccnc(-c2noc(C3CCCC3O)n2)c1. The van der Waals surface area contributed by atoms with Crippen LogP contribution in [-0.2, 0) is 0 Å². The third-order valence-electron chi connectivity index (χ3n) is 3.38. The number of hydrogen-bond acceptors (Lipinski definition) is 5. The molecule has 2 atom stereocenters. The van der Waals surface area contributed by atoms with Crippen LogP contribution < -0.4 is 0 Å². The number of aryl methyl sites for hydroxylation is 1. The molecule has 94 valence electrons. The Morgan fingerprint density at radius 2 is 2.28 bits per heavy atom. The Labute approximate surface area is 105 Å². The van der Waals surface area contributed by atoms with Crippen molar-refractivity contribution in [1.82, 2.24) is 15.1 Å². The van der Waals surface area contributed by atoms with Gasteiger partial charge in [0.05, 0.1) is 12.0 Å². The van der Waals surface area contributed by atoms with E-state index in [-0.39, 0.29) is 12.0 Å². The lowest BCUT2D eigenvalue weighted by Gasteiger charge is -2.07. The van der Waals surface area contributed by atoms with Gasteiger partial charge in [0.15, 0.2) is 0 Å². The molecule has 2 heterocycles. The number of rotatable bonds is 2. The topological polar surface area (TPSA) is 72.0 Å². The molecule has 0 spiro atoms. The molecule has 0 radical (unpaired) electrons. The molecule has 18 heavy (non-hydrogen) atoms. The Morgan fingerprint density at radius 3 is 3.00 bits per heavy atom. The minimum atomic E-state index is -0.358. The lowest BCUT2D eigenvalue weighted by molar-refractivity contribution is 0.148.